The number of hydrogen-bond donors (Lipinski definition) is 1. The lowest BCUT2D eigenvalue weighted by atomic mass is 10.1. The Morgan fingerprint density at radius 2 is 1.86 bits per heavy atom. The van der Waals surface area contributed by atoms with E-state index in [9.17, 15) is 9.50 Å². The molecule has 6 heteroatoms. The summed E-state index contributed by atoms with van der Waals surface area (Å²) in [5.41, 5.74) is 3.14. The van der Waals surface area contributed by atoms with Gasteiger partial charge in [0.25, 0.3) is 0 Å². The van der Waals surface area contributed by atoms with E-state index in [0.717, 1.165) is 50.4 Å². The summed E-state index contributed by atoms with van der Waals surface area (Å²) in [7, 11) is 0. The average Bonchev–Trinajstić information content (AvgIpc) is 3.19. The first-order valence-corrected chi connectivity index (χ1v) is 10.1. The summed E-state index contributed by atoms with van der Waals surface area (Å²) in [6, 6.07) is 17.3. The molecule has 2 aromatic carbocycles. The molecule has 2 heterocycles. The molecule has 29 heavy (non-hydrogen) atoms. The Kier molecular flexibility index (Phi) is 6.34. The van der Waals surface area contributed by atoms with Gasteiger partial charge < -0.3 is 5.11 Å². The molecule has 1 aliphatic heterocycles. The normalized spacial score (nSPS) is 18.2. The van der Waals surface area contributed by atoms with Crippen molar-refractivity contribution in [3.8, 4) is 5.69 Å². The number of aromatic nitrogens is 2. The van der Waals surface area contributed by atoms with Crippen molar-refractivity contribution in [1.82, 2.24) is 19.6 Å². The third kappa shape index (κ3) is 5.09. The molecule has 0 spiro atoms. The van der Waals surface area contributed by atoms with Crippen LogP contribution in [-0.2, 0) is 13.1 Å². The van der Waals surface area contributed by atoms with E-state index in [4.69, 9.17) is 0 Å². The molecule has 1 aliphatic rings. The first kappa shape index (κ1) is 19.8. The van der Waals surface area contributed by atoms with Gasteiger partial charge in [0.05, 0.1) is 11.9 Å². The van der Waals surface area contributed by atoms with Gasteiger partial charge in [0.15, 0.2) is 0 Å². The van der Waals surface area contributed by atoms with Gasteiger partial charge in [-0.25, -0.2) is 9.07 Å². The van der Waals surface area contributed by atoms with Crippen LogP contribution in [0.4, 0.5) is 4.39 Å². The zero-order valence-corrected chi connectivity index (χ0v) is 16.5. The van der Waals surface area contributed by atoms with Gasteiger partial charge in [-0.2, -0.15) is 5.10 Å². The van der Waals surface area contributed by atoms with Crippen molar-refractivity contribution >= 4 is 0 Å². The van der Waals surface area contributed by atoms with E-state index in [1.807, 2.05) is 24.5 Å². The minimum absolute atomic E-state index is 0.196. The average molecular weight is 394 g/mol. The van der Waals surface area contributed by atoms with Gasteiger partial charge in [0.2, 0.25) is 0 Å². The largest absolute Gasteiger partial charge is 0.396 e. The van der Waals surface area contributed by atoms with Crippen LogP contribution in [-0.4, -0.2) is 57.0 Å². The van der Waals surface area contributed by atoms with Gasteiger partial charge >= 0.3 is 0 Å². The van der Waals surface area contributed by atoms with E-state index >= 15 is 0 Å². The maximum atomic E-state index is 13.5. The zero-order valence-electron chi connectivity index (χ0n) is 16.5. The van der Waals surface area contributed by atoms with Crippen LogP contribution >= 0.6 is 0 Å². The molecule has 1 fully saturated rings. The van der Waals surface area contributed by atoms with Crippen molar-refractivity contribution in [3.63, 3.8) is 0 Å². The van der Waals surface area contributed by atoms with Crippen LogP contribution in [0.1, 0.15) is 17.5 Å². The van der Waals surface area contributed by atoms with Crippen LogP contribution in [0.25, 0.3) is 5.69 Å². The lowest BCUT2D eigenvalue weighted by Gasteiger charge is -2.41. The lowest BCUT2D eigenvalue weighted by molar-refractivity contribution is 0.0500. The number of nitrogens with zero attached hydrogens (tertiary/aromatic N) is 4. The Labute approximate surface area is 171 Å². The summed E-state index contributed by atoms with van der Waals surface area (Å²) in [4.78, 5) is 4.88. The number of piperazine rings is 1. The third-order valence-electron chi connectivity index (χ3n) is 5.49. The summed E-state index contributed by atoms with van der Waals surface area (Å²) >= 11 is 0. The highest BCUT2D eigenvalue weighted by Gasteiger charge is 2.26. The lowest BCUT2D eigenvalue weighted by Crippen LogP contribution is -2.52. The van der Waals surface area contributed by atoms with Crippen molar-refractivity contribution in [2.24, 2.45) is 0 Å². The number of aliphatic hydroxyl groups excluding tert-OH is 1. The number of benzene rings is 2. The predicted octanol–water partition coefficient (Wildman–Crippen LogP) is 3.08. The quantitative estimate of drug-likeness (QED) is 0.669. The fraction of sp³-hybridized carbons (Fsp3) is 0.348. The molecule has 5 nitrogen and oxygen atoms in total. The molecule has 4 rings (SSSR count). The third-order valence-corrected chi connectivity index (χ3v) is 5.49. The highest BCUT2D eigenvalue weighted by atomic mass is 19.1. The van der Waals surface area contributed by atoms with Gasteiger partial charge in [-0.05, 0) is 30.2 Å². The van der Waals surface area contributed by atoms with Crippen LogP contribution in [0.15, 0.2) is 67.0 Å². The van der Waals surface area contributed by atoms with E-state index in [1.54, 1.807) is 10.7 Å². The van der Waals surface area contributed by atoms with E-state index in [0.29, 0.717) is 6.04 Å². The molecule has 0 radical (unpaired) electrons. The van der Waals surface area contributed by atoms with Gasteiger partial charge in [-0.1, -0.05) is 36.4 Å². The Hall–Kier alpha value is -2.54. The molecule has 0 saturated carbocycles. The van der Waals surface area contributed by atoms with Gasteiger partial charge in [-0.3, -0.25) is 9.80 Å². The summed E-state index contributed by atoms with van der Waals surface area (Å²) in [6.45, 7) is 4.77. The maximum absolute atomic E-state index is 13.5. The van der Waals surface area contributed by atoms with Crippen LogP contribution in [0, 0.1) is 5.82 Å². The number of halogens is 1. The van der Waals surface area contributed by atoms with Crippen molar-refractivity contribution in [1.29, 1.82) is 0 Å². The molecule has 3 aromatic rings. The highest BCUT2D eigenvalue weighted by Crippen LogP contribution is 2.19. The summed E-state index contributed by atoms with van der Waals surface area (Å²) < 4.78 is 15.2. The molecule has 0 bridgehead atoms. The summed E-state index contributed by atoms with van der Waals surface area (Å²) in [6.07, 6.45) is 4.58. The molecule has 152 valence electrons. The minimum atomic E-state index is -0.263. The molecule has 1 saturated heterocycles. The topological polar surface area (TPSA) is 44.5 Å². The first-order valence-electron chi connectivity index (χ1n) is 10.1. The molecule has 0 unspecified atom stereocenters. The molecule has 0 amide bonds. The van der Waals surface area contributed by atoms with Crippen molar-refractivity contribution in [2.45, 2.75) is 25.6 Å². The van der Waals surface area contributed by atoms with Gasteiger partial charge in [0, 0.05) is 57.1 Å². The van der Waals surface area contributed by atoms with Crippen LogP contribution < -0.4 is 0 Å². The Bertz CT molecular complexity index is 914. The van der Waals surface area contributed by atoms with E-state index < -0.39 is 0 Å². The van der Waals surface area contributed by atoms with Crippen molar-refractivity contribution < 1.29 is 9.50 Å². The minimum Gasteiger partial charge on any atom is -0.396 e. The van der Waals surface area contributed by atoms with Crippen LogP contribution in [0.5, 0.6) is 0 Å². The maximum Gasteiger partial charge on any atom is 0.125 e. The van der Waals surface area contributed by atoms with Crippen LogP contribution in [0.2, 0.25) is 0 Å². The standard InChI is InChI=1S/C23H27FN4O/c24-21-7-4-8-22(13-21)28-17-20(14-25-28)15-26-10-11-27(23(18-26)9-12-29)16-19-5-2-1-3-6-19/h1-8,13-14,17,23,29H,9-12,15-16,18H2/t23-/m1/s1. The molecule has 1 atom stereocenters. The van der Waals surface area contributed by atoms with E-state index in [2.05, 4.69) is 39.2 Å². The smallest absolute Gasteiger partial charge is 0.125 e. The van der Waals surface area contributed by atoms with Crippen molar-refractivity contribution in [3.05, 3.63) is 83.9 Å². The Morgan fingerprint density at radius 1 is 1.00 bits per heavy atom. The summed E-state index contributed by atoms with van der Waals surface area (Å²) in [5, 5.41) is 13.9. The van der Waals surface area contributed by atoms with Crippen LogP contribution in [0.3, 0.4) is 0 Å². The molecule has 1 aromatic heterocycles. The Morgan fingerprint density at radius 3 is 2.66 bits per heavy atom. The first-order chi connectivity index (χ1) is 14.2. The second-order valence-electron chi connectivity index (χ2n) is 7.63. The number of rotatable bonds is 7. The number of aliphatic hydroxyl groups is 1. The molecular formula is C23H27FN4O. The predicted molar refractivity (Wildman–Crippen MR) is 111 cm³/mol. The zero-order chi connectivity index (χ0) is 20.1. The van der Waals surface area contributed by atoms with E-state index in [1.165, 1.54) is 17.7 Å². The molecule has 1 N–H and O–H groups in total. The number of hydrogen-bond acceptors (Lipinski definition) is 4. The summed E-state index contributed by atoms with van der Waals surface area (Å²) in [5.74, 6) is -0.263. The molecular weight excluding hydrogens is 367 g/mol. The highest BCUT2D eigenvalue weighted by molar-refractivity contribution is 5.31. The van der Waals surface area contributed by atoms with Crippen molar-refractivity contribution in [2.75, 3.05) is 26.2 Å². The van der Waals surface area contributed by atoms with Gasteiger partial charge in [-0.15, -0.1) is 0 Å². The fourth-order valence-corrected chi connectivity index (χ4v) is 4.01. The fourth-order valence-electron chi connectivity index (χ4n) is 4.01. The van der Waals surface area contributed by atoms with Gasteiger partial charge in [0.1, 0.15) is 5.82 Å². The monoisotopic (exact) mass is 394 g/mol. The SMILES string of the molecule is OCC[C@@H]1CN(Cc2cnn(-c3cccc(F)c3)c2)CCN1Cc1ccccc1. The second kappa shape index (κ2) is 9.31. The molecule has 0 aliphatic carbocycles. The Balaban J connectivity index is 1.39. The van der Waals surface area contributed by atoms with E-state index in [-0.39, 0.29) is 12.4 Å². The second-order valence-corrected chi connectivity index (χ2v) is 7.63.